The minimum atomic E-state index is 0.189. The van der Waals surface area contributed by atoms with E-state index in [1.54, 1.807) is 0 Å². The largest absolute Gasteiger partial charge is 0.324 e. The Bertz CT molecular complexity index is 335. The van der Waals surface area contributed by atoms with Crippen molar-refractivity contribution in [2.75, 3.05) is 13.1 Å². The van der Waals surface area contributed by atoms with Crippen LogP contribution in [-0.2, 0) is 6.54 Å². The number of hydrogen-bond donors (Lipinski definition) is 1. The molecule has 0 bridgehead atoms. The van der Waals surface area contributed by atoms with Crippen LogP contribution in [0.1, 0.15) is 12.0 Å². The zero-order valence-corrected chi connectivity index (χ0v) is 8.32. The number of likely N-dealkylation sites (tertiary alicyclic amines) is 1. The first-order chi connectivity index (χ1) is 6.76. The lowest BCUT2D eigenvalue weighted by Gasteiger charge is -2.18. The molecule has 1 aliphatic heterocycles. The van der Waals surface area contributed by atoms with Gasteiger partial charge in [-0.1, -0.05) is 30.3 Å². The van der Waals surface area contributed by atoms with Crippen molar-refractivity contribution >= 4 is 0 Å². The average molecular weight is 188 g/mol. The second-order valence-corrected chi connectivity index (χ2v) is 4.79. The maximum absolute atomic E-state index is 6.15. The van der Waals surface area contributed by atoms with Gasteiger partial charge in [0.15, 0.2) is 0 Å². The Hall–Kier alpha value is -0.860. The van der Waals surface area contributed by atoms with Crippen molar-refractivity contribution in [3.05, 3.63) is 35.9 Å². The number of nitrogens with zero attached hydrogens (tertiary/aromatic N) is 1. The lowest BCUT2D eigenvalue weighted by Crippen LogP contribution is -2.32. The molecule has 0 radical (unpaired) electrons. The number of piperidine rings is 1. The van der Waals surface area contributed by atoms with Crippen LogP contribution in [0.5, 0.6) is 0 Å². The fraction of sp³-hybridized carbons (Fsp3) is 0.500. The summed E-state index contributed by atoms with van der Waals surface area (Å²) >= 11 is 0. The number of hydrogen-bond acceptors (Lipinski definition) is 2. The molecule has 1 aliphatic carbocycles. The van der Waals surface area contributed by atoms with Gasteiger partial charge in [0.1, 0.15) is 0 Å². The molecule has 2 heteroatoms. The van der Waals surface area contributed by atoms with Gasteiger partial charge in [-0.2, -0.15) is 0 Å². The van der Waals surface area contributed by atoms with E-state index in [9.17, 15) is 0 Å². The molecule has 1 aromatic rings. The second kappa shape index (κ2) is 2.81. The zero-order valence-electron chi connectivity index (χ0n) is 8.32. The van der Waals surface area contributed by atoms with Gasteiger partial charge in [0.25, 0.3) is 0 Å². The highest BCUT2D eigenvalue weighted by Gasteiger charge is 2.56. The summed E-state index contributed by atoms with van der Waals surface area (Å²) in [6.45, 7) is 3.36. The van der Waals surface area contributed by atoms with Gasteiger partial charge in [0.05, 0.1) is 0 Å². The van der Waals surface area contributed by atoms with E-state index in [2.05, 4.69) is 35.2 Å². The van der Waals surface area contributed by atoms with Crippen LogP contribution in [-0.4, -0.2) is 23.5 Å². The molecule has 0 aromatic heterocycles. The summed E-state index contributed by atoms with van der Waals surface area (Å²) in [7, 11) is 0. The third-order valence-corrected chi connectivity index (χ3v) is 3.52. The maximum Gasteiger partial charge on any atom is 0.0328 e. The molecule has 2 fully saturated rings. The molecule has 1 saturated heterocycles. The van der Waals surface area contributed by atoms with Gasteiger partial charge < -0.3 is 5.73 Å². The first-order valence-corrected chi connectivity index (χ1v) is 5.31. The Morgan fingerprint density at radius 3 is 2.79 bits per heavy atom. The van der Waals surface area contributed by atoms with E-state index in [-0.39, 0.29) is 5.54 Å². The van der Waals surface area contributed by atoms with Gasteiger partial charge in [-0.15, -0.1) is 0 Å². The summed E-state index contributed by atoms with van der Waals surface area (Å²) in [6.07, 6.45) is 1.25. The predicted molar refractivity (Wildman–Crippen MR) is 56.7 cm³/mol. The third kappa shape index (κ3) is 1.35. The molecule has 1 heterocycles. The van der Waals surface area contributed by atoms with Crippen molar-refractivity contribution in [1.29, 1.82) is 0 Å². The van der Waals surface area contributed by atoms with Gasteiger partial charge in [-0.25, -0.2) is 0 Å². The van der Waals surface area contributed by atoms with Crippen LogP contribution in [0.15, 0.2) is 30.3 Å². The Labute approximate surface area is 84.7 Å². The molecular formula is C12H16N2. The Morgan fingerprint density at radius 2 is 2.14 bits per heavy atom. The van der Waals surface area contributed by atoms with Crippen LogP contribution in [0.2, 0.25) is 0 Å². The molecule has 0 amide bonds. The monoisotopic (exact) mass is 188 g/mol. The minimum Gasteiger partial charge on any atom is -0.324 e. The fourth-order valence-corrected chi connectivity index (χ4v) is 2.59. The van der Waals surface area contributed by atoms with Crippen molar-refractivity contribution < 1.29 is 0 Å². The highest BCUT2D eigenvalue weighted by Crippen LogP contribution is 2.47. The number of fused-ring (bicyclic) bond motifs is 1. The molecule has 1 saturated carbocycles. The van der Waals surface area contributed by atoms with Crippen LogP contribution in [0, 0.1) is 5.92 Å². The standard InChI is InChI=1S/C12H16N2/c13-12-6-11(12)8-14(9-12)7-10-4-2-1-3-5-10/h1-5,11H,6-9,13H2/t11-,12+/m0/s1. The molecule has 74 valence electrons. The third-order valence-electron chi connectivity index (χ3n) is 3.52. The SMILES string of the molecule is N[C@@]12C[C@H]1CN(Cc1ccccc1)C2. The molecule has 3 rings (SSSR count). The highest BCUT2D eigenvalue weighted by atomic mass is 15.2. The molecule has 0 spiro atoms. The van der Waals surface area contributed by atoms with Crippen LogP contribution in [0.4, 0.5) is 0 Å². The van der Waals surface area contributed by atoms with E-state index in [1.165, 1.54) is 18.5 Å². The van der Waals surface area contributed by atoms with E-state index in [4.69, 9.17) is 5.73 Å². The van der Waals surface area contributed by atoms with E-state index in [0.717, 1.165) is 19.0 Å². The number of rotatable bonds is 2. The van der Waals surface area contributed by atoms with E-state index >= 15 is 0 Å². The number of benzene rings is 1. The molecule has 2 atom stereocenters. The lowest BCUT2D eigenvalue weighted by atomic mass is 10.2. The summed E-state index contributed by atoms with van der Waals surface area (Å²) in [5.74, 6) is 0.784. The topological polar surface area (TPSA) is 29.3 Å². The summed E-state index contributed by atoms with van der Waals surface area (Å²) in [5.41, 5.74) is 7.74. The first kappa shape index (κ1) is 8.45. The Kier molecular flexibility index (Phi) is 1.70. The molecule has 2 N–H and O–H groups in total. The van der Waals surface area contributed by atoms with Gasteiger partial charge in [0, 0.05) is 25.2 Å². The molecule has 0 unspecified atom stereocenters. The Morgan fingerprint density at radius 1 is 1.36 bits per heavy atom. The van der Waals surface area contributed by atoms with Gasteiger partial charge in [-0.3, -0.25) is 4.90 Å². The van der Waals surface area contributed by atoms with Crippen molar-refractivity contribution in [2.45, 2.75) is 18.5 Å². The van der Waals surface area contributed by atoms with Gasteiger partial charge >= 0.3 is 0 Å². The molecule has 2 nitrogen and oxygen atoms in total. The molecular weight excluding hydrogens is 172 g/mol. The van der Waals surface area contributed by atoms with Crippen LogP contribution < -0.4 is 5.73 Å². The molecule has 1 aromatic carbocycles. The Balaban J connectivity index is 1.65. The highest BCUT2D eigenvalue weighted by molar-refractivity contribution is 5.19. The number of nitrogens with two attached hydrogens (primary N) is 1. The van der Waals surface area contributed by atoms with E-state index in [1.807, 2.05) is 0 Å². The van der Waals surface area contributed by atoms with Gasteiger partial charge in [0.2, 0.25) is 0 Å². The van der Waals surface area contributed by atoms with Crippen molar-refractivity contribution in [3.8, 4) is 0 Å². The normalized spacial score (nSPS) is 35.6. The van der Waals surface area contributed by atoms with Crippen molar-refractivity contribution in [3.63, 3.8) is 0 Å². The van der Waals surface area contributed by atoms with E-state index < -0.39 is 0 Å². The average Bonchev–Trinajstić information content (AvgIpc) is 2.67. The molecule has 14 heavy (non-hydrogen) atoms. The first-order valence-electron chi connectivity index (χ1n) is 5.31. The zero-order chi connectivity index (χ0) is 9.60. The quantitative estimate of drug-likeness (QED) is 0.756. The van der Waals surface area contributed by atoms with Crippen LogP contribution >= 0.6 is 0 Å². The maximum atomic E-state index is 6.15. The summed E-state index contributed by atoms with van der Waals surface area (Å²) in [5, 5.41) is 0. The summed E-state index contributed by atoms with van der Waals surface area (Å²) in [4.78, 5) is 2.48. The summed E-state index contributed by atoms with van der Waals surface area (Å²) in [6, 6.07) is 10.6. The lowest BCUT2D eigenvalue weighted by molar-refractivity contribution is 0.291. The smallest absolute Gasteiger partial charge is 0.0328 e. The van der Waals surface area contributed by atoms with Crippen LogP contribution in [0.25, 0.3) is 0 Å². The van der Waals surface area contributed by atoms with Gasteiger partial charge in [-0.05, 0) is 17.9 Å². The minimum absolute atomic E-state index is 0.189. The summed E-state index contributed by atoms with van der Waals surface area (Å²) < 4.78 is 0. The van der Waals surface area contributed by atoms with Crippen molar-refractivity contribution in [1.82, 2.24) is 4.90 Å². The van der Waals surface area contributed by atoms with Crippen molar-refractivity contribution in [2.24, 2.45) is 11.7 Å². The fourth-order valence-electron chi connectivity index (χ4n) is 2.59. The molecule has 2 aliphatic rings. The predicted octanol–water partition coefficient (Wildman–Crippen LogP) is 1.22. The van der Waals surface area contributed by atoms with E-state index in [0.29, 0.717) is 0 Å². The van der Waals surface area contributed by atoms with Crippen LogP contribution in [0.3, 0.4) is 0 Å². The second-order valence-electron chi connectivity index (χ2n) is 4.79.